The minimum absolute atomic E-state index is 0.374. The van der Waals surface area contributed by atoms with Gasteiger partial charge in [0.05, 0.1) is 12.7 Å². The van der Waals surface area contributed by atoms with Crippen LogP contribution in [0.5, 0.6) is 0 Å². The molecule has 7 nitrogen and oxygen atoms in total. The van der Waals surface area contributed by atoms with Crippen LogP contribution in [0.3, 0.4) is 0 Å². The fourth-order valence-electron chi connectivity index (χ4n) is 5.10. The molecule has 2 aliphatic heterocycles. The van der Waals surface area contributed by atoms with Crippen molar-refractivity contribution in [1.29, 1.82) is 0 Å². The molecule has 0 aliphatic carbocycles. The summed E-state index contributed by atoms with van der Waals surface area (Å²) in [5, 5.41) is 0. The van der Waals surface area contributed by atoms with Gasteiger partial charge in [-0.3, -0.25) is 19.7 Å². The van der Waals surface area contributed by atoms with Crippen LogP contribution in [0.2, 0.25) is 0 Å². The van der Waals surface area contributed by atoms with Crippen LogP contribution in [-0.2, 0) is 19.1 Å². The van der Waals surface area contributed by atoms with Crippen LogP contribution in [0, 0.1) is 5.92 Å². The number of aromatic nitrogens is 1. The molecule has 0 saturated carbocycles. The van der Waals surface area contributed by atoms with Gasteiger partial charge in [-0.25, -0.2) is 4.79 Å². The summed E-state index contributed by atoms with van der Waals surface area (Å²) < 4.78 is 11.3. The molecule has 0 N–H and O–H groups in total. The lowest BCUT2D eigenvalue weighted by atomic mass is 9.76. The molecule has 0 amide bonds. The number of allylic oxidation sites excluding steroid dienone is 1. The number of pyridine rings is 1. The largest absolute Gasteiger partial charge is 0.468 e. The zero-order valence-electron chi connectivity index (χ0n) is 20.6. The van der Waals surface area contributed by atoms with Gasteiger partial charge in [-0.15, -0.1) is 0 Å². The Morgan fingerprint density at radius 2 is 1.80 bits per heavy atom. The number of carbonyl (C=O) groups is 2. The molecule has 1 aromatic carbocycles. The van der Waals surface area contributed by atoms with Crippen LogP contribution in [0.1, 0.15) is 56.3 Å². The third kappa shape index (κ3) is 5.68. The quantitative estimate of drug-likeness (QED) is 0.550. The van der Waals surface area contributed by atoms with Crippen LogP contribution >= 0.6 is 0 Å². The lowest BCUT2D eigenvalue weighted by Gasteiger charge is -2.33. The maximum Gasteiger partial charge on any atom is 0.337 e. The summed E-state index contributed by atoms with van der Waals surface area (Å²) in [5.74, 6) is -2.22. The van der Waals surface area contributed by atoms with Gasteiger partial charge >= 0.3 is 11.9 Å². The van der Waals surface area contributed by atoms with Crippen molar-refractivity contribution in [2.45, 2.75) is 45.1 Å². The molecule has 3 atom stereocenters. The van der Waals surface area contributed by atoms with Crippen LogP contribution in [0.4, 0.5) is 0 Å². The first-order valence-electron chi connectivity index (χ1n) is 12.2. The zero-order chi connectivity index (χ0) is 24.8. The minimum atomic E-state index is -0.729. The molecule has 1 fully saturated rings. The number of hydrogen-bond donors (Lipinski definition) is 0. The van der Waals surface area contributed by atoms with Gasteiger partial charge < -0.3 is 9.47 Å². The third-order valence-electron chi connectivity index (χ3n) is 6.84. The van der Waals surface area contributed by atoms with Gasteiger partial charge in [-0.05, 0) is 57.0 Å². The van der Waals surface area contributed by atoms with Crippen molar-refractivity contribution >= 4 is 17.7 Å². The van der Waals surface area contributed by atoms with E-state index >= 15 is 0 Å². The Bertz CT molecular complexity index is 1090. The number of methoxy groups -OCH3 is 1. The van der Waals surface area contributed by atoms with Crippen molar-refractivity contribution in [1.82, 2.24) is 9.88 Å². The molecule has 1 aromatic heterocycles. The SMILES string of the molecule is COC(=O)C1C(C)=NC(C)=C(C(=O)OC(CN2CCCCC2)c2ccccc2)C1c1cccnc1. The van der Waals surface area contributed by atoms with Crippen molar-refractivity contribution in [2.75, 3.05) is 26.7 Å². The van der Waals surface area contributed by atoms with E-state index in [0.29, 0.717) is 23.5 Å². The monoisotopic (exact) mass is 475 g/mol. The maximum absolute atomic E-state index is 13.8. The van der Waals surface area contributed by atoms with Gasteiger partial charge in [-0.1, -0.05) is 42.8 Å². The summed E-state index contributed by atoms with van der Waals surface area (Å²) in [4.78, 5) is 37.8. The number of esters is 2. The topological polar surface area (TPSA) is 81.1 Å². The van der Waals surface area contributed by atoms with E-state index in [9.17, 15) is 9.59 Å². The smallest absolute Gasteiger partial charge is 0.337 e. The van der Waals surface area contributed by atoms with Gasteiger partial charge in [0.25, 0.3) is 0 Å². The number of aliphatic imine (C=N–C) groups is 1. The van der Waals surface area contributed by atoms with E-state index in [2.05, 4.69) is 14.9 Å². The average molecular weight is 476 g/mol. The van der Waals surface area contributed by atoms with E-state index in [1.165, 1.54) is 13.5 Å². The van der Waals surface area contributed by atoms with Crippen molar-refractivity contribution in [2.24, 2.45) is 10.9 Å². The van der Waals surface area contributed by atoms with Crippen LogP contribution in [-0.4, -0.2) is 54.3 Å². The van der Waals surface area contributed by atoms with E-state index in [1.807, 2.05) is 36.4 Å². The predicted octanol–water partition coefficient (Wildman–Crippen LogP) is 4.47. The molecular weight excluding hydrogens is 442 g/mol. The Kier molecular flexibility index (Phi) is 8.08. The van der Waals surface area contributed by atoms with Crippen LogP contribution in [0.25, 0.3) is 0 Å². The van der Waals surface area contributed by atoms with E-state index in [4.69, 9.17) is 9.47 Å². The fourth-order valence-corrected chi connectivity index (χ4v) is 5.10. The normalized spacial score (nSPS) is 21.7. The van der Waals surface area contributed by atoms with Gasteiger partial charge in [0.2, 0.25) is 0 Å². The molecule has 1 saturated heterocycles. The molecule has 35 heavy (non-hydrogen) atoms. The van der Waals surface area contributed by atoms with E-state index < -0.39 is 29.9 Å². The average Bonchev–Trinajstić information content (AvgIpc) is 2.89. The molecule has 2 aliphatic rings. The molecular formula is C28H33N3O4. The van der Waals surface area contributed by atoms with E-state index in [-0.39, 0.29) is 0 Å². The van der Waals surface area contributed by atoms with Crippen molar-refractivity contribution in [3.05, 3.63) is 77.3 Å². The van der Waals surface area contributed by atoms with E-state index in [1.54, 1.807) is 32.3 Å². The highest BCUT2D eigenvalue weighted by Crippen LogP contribution is 2.40. The Balaban J connectivity index is 1.69. The number of carbonyl (C=O) groups excluding carboxylic acids is 2. The lowest BCUT2D eigenvalue weighted by molar-refractivity contribution is -0.147. The summed E-state index contributed by atoms with van der Waals surface area (Å²) >= 11 is 0. The molecule has 3 heterocycles. The summed E-state index contributed by atoms with van der Waals surface area (Å²) in [7, 11) is 1.35. The summed E-state index contributed by atoms with van der Waals surface area (Å²) in [6.07, 6.45) is 6.45. The Hall–Kier alpha value is -3.32. The van der Waals surface area contributed by atoms with Crippen molar-refractivity contribution < 1.29 is 19.1 Å². The Labute approximate surface area is 206 Å². The first-order chi connectivity index (χ1) is 17.0. The number of nitrogens with zero attached hydrogens (tertiary/aromatic N) is 3. The minimum Gasteiger partial charge on any atom is -0.468 e. The summed E-state index contributed by atoms with van der Waals surface area (Å²) in [6, 6.07) is 13.5. The van der Waals surface area contributed by atoms with Crippen molar-refractivity contribution in [3.63, 3.8) is 0 Å². The maximum atomic E-state index is 13.8. The Morgan fingerprint density at radius 1 is 1.06 bits per heavy atom. The second-order valence-electron chi connectivity index (χ2n) is 9.18. The highest BCUT2D eigenvalue weighted by Gasteiger charge is 2.43. The van der Waals surface area contributed by atoms with Gasteiger partial charge in [-0.2, -0.15) is 0 Å². The number of likely N-dealkylation sites (tertiary alicyclic amines) is 1. The zero-order valence-corrected chi connectivity index (χ0v) is 20.6. The number of piperidine rings is 1. The first kappa shape index (κ1) is 24.8. The lowest BCUT2D eigenvalue weighted by Crippen LogP contribution is -2.38. The van der Waals surface area contributed by atoms with Crippen molar-refractivity contribution in [3.8, 4) is 0 Å². The molecule has 0 radical (unpaired) electrons. The third-order valence-corrected chi connectivity index (χ3v) is 6.84. The standard InChI is InChI=1S/C28H33N3O4/c1-19-24(27(32)34-3)26(22-13-10-14-29-17-22)25(20(2)30-19)28(33)35-23(21-11-6-4-7-12-21)18-31-15-8-5-9-16-31/h4,6-7,10-14,17,23-24,26H,5,8-9,15-16,18H2,1-3H3. The highest BCUT2D eigenvalue weighted by molar-refractivity contribution is 6.07. The van der Waals surface area contributed by atoms with Crippen LogP contribution < -0.4 is 0 Å². The number of hydrogen-bond acceptors (Lipinski definition) is 7. The molecule has 4 rings (SSSR count). The van der Waals surface area contributed by atoms with Gasteiger partial charge in [0.1, 0.15) is 12.0 Å². The summed E-state index contributed by atoms with van der Waals surface area (Å²) in [5.41, 5.74) is 3.22. The molecule has 184 valence electrons. The predicted molar refractivity (Wildman–Crippen MR) is 134 cm³/mol. The summed E-state index contributed by atoms with van der Waals surface area (Å²) in [6.45, 7) is 6.20. The second kappa shape index (κ2) is 11.4. The molecule has 0 spiro atoms. The highest BCUT2D eigenvalue weighted by atomic mass is 16.5. The van der Waals surface area contributed by atoms with Gasteiger partial charge in [0, 0.05) is 36.3 Å². The fraction of sp³-hybridized carbons (Fsp3) is 0.429. The number of ether oxygens (including phenoxy) is 2. The van der Waals surface area contributed by atoms with Gasteiger partial charge in [0.15, 0.2) is 0 Å². The molecule has 0 bridgehead atoms. The first-order valence-corrected chi connectivity index (χ1v) is 12.2. The molecule has 7 heteroatoms. The Morgan fingerprint density at radius 3 is 2.46 bits per heavy atom. The van der Waals surface area contributed by atoms with Crippen LogP contribution in [0.15, 0.2) is 71.1 Å². The number of rotatable bonds is 7. The number of benzene rings is 1. The molecule has 2 aromatic rings. The second-order valence-corrected chi connectivity index (χ2v) is 9.18. The molecule has 3 unspecified atom stereocenters. The van der Waals surface area contributed by atoms with E-state index in [0.717, 1.165) is 37.1 Å².